The predicted molar refractivity (Wildman–Crippen MR) is 115 cm³/mol. The molecular weight excluding hydrogens is 430 g/mol. The molecule has 5 nitrogen and oxygen atoms in total. The molecule has 2 saturated carbocycles. The van der Waals surface area contributed by atoms with Gasteiger partial charge in [-0.15, -0.1) is 0 Å². The van der Waals surface area contributed by atoms with Crippen LogP contribution in [0.2, 0.25) is 10.0 Å². The maximum Gasteiger partial charge on any atom is 0.223 e. The molecule has 2 amide bonds. The molecule has 1 aromatic rings. The summed E-state index contributed by atoms with van der Waals surface area (Å²) in [6.07, 6.45) is 5.80. The molecule has 166 valence electrons. The average molecular weight is 459 g/mol. The number of nitrogens with one attached hydrogen (secondary N) is 2. The molecule has 0 bridgehead atoms. The summed E-state index contributed by atoms with van der Waals surface area (Å²) in [5.74, 6) is -1.06. The summed E-state index contributed by atoms with van der Waals surface area (Å²) in [7, 11) is 0. The van der Waals surface area contributed by atoms with E-state index in [0.717, 1.165) is 32.1 Å². The van der Waals surface area contributed by atoms with Crippen LogP contribution < -0.4 is 10.6 Å². The first-order valence-electron chi connectivity index (χ1n) is 10.6. The van der Waals surface area contributed by atoms with E-state index in [4.69, 9.17) is 23.2 Å². The first-order valence-corrected chi connectivity index (χ1v) is 11.3. The van der Waals surface area contributed by atoms with Crippen LogP contribution in [0.25, 0.3) is 0 Å². The van der Waals surface area contributed by atoms with E-state index in [9.17, 15) is 19.1 Å². The minimum Gasteiger partial charge on any atom is -0.396 e. The fourth-order valence-corrected chi connectivity index (χ4v) is 5.65. The quantitative estimate of drug-likeness (QED) is 0.524. The van der Waals surface area contributed by atoms with E-state index in [1.807, 2.05) is 0 Å². The number of benzene rings is 1. The number of hydrogen-bond donors (Lipinski definition) is 3. The van der Waals surface area contributed by atoms with Crippen LogP contribution in [0.4, 0.5) is 4.39 Å². The van der Waals surface area contributed by atoms with Crippen LogP contribution >= 0.6 is 23.2 Å². The summed E-state index contributed by atoms with van der Waals surface area (Å²) in [5, 5.41) is 16.0. The summed E-state index contributed by atoms with van der Waals surface area (Å²) in [6, 6.07) is 1.98. The van der Waals surface area contributed by atoms with Crippen LogP contribution in [0.5, 0.6) is 0 Å². The number of carbonyl (C=O) groups is 2. The molecule has 30 heavy (non-hydrogen) atoms. The van der Waals surface area contributed by atoms with E-state index in [1.165, 1.54) is 19.1 Å². The molecule has 0 spiro atoms. The minimum absolute atomic E-state index is 0.0268. The van der Waals surface area contributed by atoms with Gasteiger partial charge >= 0.3 is 0 Å². The van der Waals surface area contributed by atoms with Gasteiger partial charge in [0.05, 0.1) is 16.1 Å². The molecule has 0 aromatic heterocycles. The molecule has 1 aromatic carbocycles. The summed E-state index contributed by atoms with van der Waals surface area (Å²) in [6.45, 7) is 1.41. The average Bonchev–Trinajstić information content (AvgIpc) is 3.34. The van der Waals surface area contributed by atoms with Crippen molar-refractivity contribution in [2.75, 3.05) is 6.61 Å². The second-order valence-corrected chi connectivity index (χ2v) is 9.43. The monoisotopic (exact) mass is 458 g/mol. The van der Waals surface area contributed by atoms with Crippen LogP contribution in [-0.2, 0) is 9.59 Å². The number of hydrogen-bond acceptors (Lipinski definition) is 3. The zero-order valence-corrected chi connectivity index (χ0v) is 18.7. The van der Waals surface area contributed by atoms with Crippen LogP contribution in [-0.4, -0.2) is 29.6 Å². The van der Waals surface area contributed by atoms with E-state index in [0.29, 0.717) is 19.3 Å². The van der Waals surface area contributed by atoms with Crippen molar-refractivity contribution >= 4 is 35.0 Å². The Morgan fingerprint density at radius 3 is 2.60 bits per heavy atom. The van der Waals surface area contributed by atoms with Crippen LogP contribution in [0, 0.1) is 17.2 Å². The molecule has 0 aliphatic heterocycles. The number of aliphatic hydroxyl groups is 1. The Morgan fingerprint density at radius 1 is 1.27 bits per heavy atom. The van der Waals surface area contributed by atoms with Crippen molar-refractivity contribution < 1.29 is 19.1 Å². The molecule has 8 heteroatoms. The normalized spacial score (nSPS) is 23.9. The first kappa shape index (κ1) is 23.3. The highest BCUT2D eigenvalue weighted by molar-refractivity contribution is 6.42. The van der Waals surface area contributed by atoms with Gasteiger partial charge in [-0.25, -0.2) is 4.39 Å². The van der Waals surface area contributed by atoms with Gasteiger partial charge < -0.3 is 15.7 Å². The molecule has 3 rings (SSSR count). The highest BCUT2D eigenvalue weighted by atomic mass is 35.5. The minimum atomic E-state index is -0.675. The van der Waals surface area contributed by atoms with Gasteiger partial charge in [0.2, 0.25) is 11.8 Å². The zero-order chi connectivity index (χ0) is 21.9. The third-order valence-electron chi connectivity index (χ3n) is 6.69. The molecule has 2 aliphatic carbocycles. The van der Waals surface area contributed by atoms with Crippen molar-refractivity contribution in [1.82, 2.24) is 10.6 Å². The second kappa shape index (κ2) is 9.84. The standard InChI is InChI=1S/C22H29Cl2FN2O3/c1-13(29)26-15-5-4-14(12-15)21(30)27-20(22(10-11-28)8-2-3-9-22)18-17(25)7-6-16(23)19(18)24/h6-7,14-15,20,28H,2-5,8-12H2,1H3,(H,26,29)(H,27,30)/t14-,15-,20?/m1/s1. The lowest BCUT2D eigenvalue weighted by Gasteiger charge is -2.39. The molecule has 1 unspecified atom stereocenters. The largest absolute Gasteiger partial charge is 0.396 e. The molecular formula is C22H29Cl2FN2O3. The maximum atomic E-state index is 15.0. The number of amides is 2. The molecule has 0 heterocycles. The number of rotatable bonds is 7. The number of halogens is 3. The lowest BCUT2D eigenvalue weighted by atomic mass is 9.72. The third kappa shape index (κ3) is 4.92. The Hall–Kier alpha value is -1.37. The van der Waals surface area contributed by atoms with E-state index in [1.54, 1.807) is 0 Å². The van der Waals surface area contributed by atoms with Gasteiger partial charge in [-0.05, 0) is 56.1 Å². The Labute approximate surface area is 186 Å². The molecule has 0 radical (unpaired) electrons. The maximum absolute atomic E-state index is 15.0. The van der Waals surface area contributed by atoms with Gasteiger partial charge in [0.25, 0.3) is 0 Å². The molecule has 0 saturated heterocycles. The number of aliphatic hydroxyl groups excluding tert-OH is 1. The van der Waals surface area contributed by atoms with Crippen molar-refractivity contribution in [3.05, 3.63) is 33.6 Å². The first-order chi connectivity index (χ1) is 14.3. The van der Waals surface area contributed by atoms with E-state index < -0.39 is 17.3 Å². The van der Waals surface area contributed by atoms with Crippen molar-refractivity contribution in [3.63, 3.8) is 0 Å². The SMILES string of the molecule is CC(=O)N[C@@H]1CC[C@@H](C(=O)NC(c2c(F)ccc(Cl)c2Cl)C2(CCO)CCCC2)C1. The Balaban J connectivity index is 1.90. The summed E-state index contributed by atoms with van der Waals surface area (Å²) in [5.41, 5.74) is -0.279. The van der Waals surface area contributed by atoms with Crippen molar-refractivity contribution in [2.24, 2.45) is 11.3 Å². The van der Waals surface area contributed by atoms with E-state index in [-0.39, 0.29) is 46.0 Å². The van der Waals surface area contributed by atoms with Crippen LogP contribution in [0.1, 0.15) is 69.9 Å². The lowest BCUT2D eigenvalue weighted by Crippen LogP contribution is -2.43. The molecule has 2 fully saturated rings. The fourth-order valence-electron chi connectivity index (χ4n) is 5.22. The smallest absolute Gasteiger partial charge is 0.223 e. The molecule has 3 atom stereocenters. The Kier molecular flexibility index (Phi) is 7.64. The van der Waals surface area contributed by atoms with Gasteiger partial charge in [-0.1, -0.05) is 36.0 Å². The van der Waals surface area contributed by atoms with Gasteiger partial charge in [-0.2, -0.15) is 0 Å². The zero-order valence-electron chi connectivity index (χ0n) is 17.1. The highest BCUT2D eigenvalue weighted by Crippen LogP contribution is 2.52. The van der Waals surface area contributed by atoms with Gasteiger partial charge in [0.15, 0.2) is 0 Å². The molecule has 3 N–H and O–H groups in total. The lowest BCUT2D eigenvalue weighted by molar-refractivity contribution is -0.127. The highest BCUT2D eigenvalue weighted by Gasteiger charge is 2.45. The summed E-state index contributed by atoms with van der Waals surface area (Å²) < 4.78 is 15.0. The van der Waals surface area contributed by atoms with Crippen LogP contribution in [0.3, 0.4) is 0 Å². The fraction of sp³-hybridized carbons (Fsp3) is 0.636. The van der Waals surface area contributed by atoms with Gasteiger partial charge in [0, 0.05) is 31.1 Å². The van der Waals surface area contributed by atoms with Crippen molar-refractivity contribution in [3.8, 4) is 0 Å². The third-order valence-corrected chi connectivity index (χ3v) is 7.51. The van der Waals surface area contributed by atoms with Crippen molar-refractivity contribution in [2.45, 2.75) is 70.4 Å². The van der Waals surface area contributed by atoms with Gasteiger partial charge in [-0.3, -0.25) is 9.59 Å². The Morgan fingerprint density at radius 2 is 1.97 bits per heavy atom. The summed E-state index contributed by atoms with van der Waals surface area (Å²) in [4.78, 5) is 24.5. The second-order valence-electron chi connectivity index (χ2n) is 8.65. The van der Waals surface area contributed by atoms with E-state index >= 15 is 0 Å². The topological polar surface area (TPSA) is 78.4 Å². The van der Waals surface area contributed by atoms with Crippen molar-refractivity contribution in [1.29, 1.82) is 0 Å². The summed E-state index contributed by atoms with van der Waals surface area (Å²) >= 11 is 12.6. The predicted octanol–water partition coefficient (Wildman–Crippen LogP) is 4.54. The van der Waals surface area contributed by atoms with Gasteiger partial charge in [0.1, 0.15) is 5.82 Å². The number of carbonyl (C=O) groups excluding carboxylic acids is 2. The van der Waals surface area contributed by atoms with E-state index in [2.05, 4.69) is 10.6 Å². The molecule has 2 aliphatic rings. The Bertz CT molecular complexity index is 799. The van der Waals surface area contributed by atoms with Crippen LogP contribution in [0.15, 0.2) is 12.1 Å².